The molecule has 0 amide bonds. The van der Waals surface area contributed by atoms with Crippen LogP contribution in [0.4, 0.5) is 0 Å². The largest absolute Gasteiger partial charge is 0.384 e. The summed E-state index contributed by atoms with van der Waals surface area (Å²) in [6.45, 7) is 8.64. The average molecular weight is 303 g/mol. The van der Waals surface area contributed by atoms with Gasteiger partial charge in [0, 0.05) is 5.02 Å². The predicted molar refractivity (Wildman–Crippen MR) is 90.0 cm³/mol. The monoisotopic (exact) mass is 302 g/mol. The molecule has 2 rings (SSSR count). The summed E-state index contributed by atoms with van der Waals surface area (Å²) in [6, 6.07) is 13.9. The molecular formula is C19H23ClO. The van der Waals surface area contributed by atoms with E-state index in [9.17, 15) is 5.11 Å². The molecule has 2 aromatic carbocycles. The summed E-state index contributed by atoms with van der Waals surface area (Å²) in [5.41, 5.74) is 4.24. The number of hydrogen-bond acceptors (Lipinski definition) is 1. The van der Waals surface area contributed by atoms with Gasteiger partial charge in [-0.1, -0.05) is 62.7 Å². The van der Waals surface area contributed by atoms with Crippen LogP contribution in [0.5, 0.6) is 0 Å². The lowest BCUT2D eigenvalue weighted by atomic mass is 9.81. The first-order chi connectivity index (χ1) is 9.83. The minimum absolute atomic E-state index is 0.163. The zero-order valence-corrected chi connectivity index (χ0v) is 13.9. The fraction of sp³-hybridized carbons (Fsp3) is 0.368. The van der Waals surface area contributed by atoms with Crippen molar-refractivity contribution in [3.05, 3.63) is 69.7 Å². The number of aryl methyl sites for hydroxylation is 1. The minimum atomic E-state index is -0.638. The molecule has 0 bridgehead atoms. The minimum Gasteiger partial charge on any atom is -0.384 e. The third kappa shape index (κ3) is 3.66. The first-order valence-electron chi connectivity index (χ1n) is 7.39. The van der Waals surface area contributed by atoms with Crippen molar-refractivity contribution in [2.75, 3.05) is 0 Å². The third-order valence-corrected chi connectivity index (χ3v) is 4.49. The van der Waals surface area contributed by atoms with Crippen LogP contribution in [0, 0.1) is 6.92 Å². The summed E-state index contributed by atoms with van der Waals surface area (Å²) in [6.07, 6.45) is 0.448. The van der Waals surface area contributed by atoms with E-state index in [1.54, 1.807) is 0 Å². The lowest BCUT2D eigenvalue weighted by Crippen LogP contribution is -2.15. The summed E-state index contributed by atoms with van der Waals surface area (Å²) in [5, 5.41) is 11.2. The summed E-state index contributed by atoms with van der Waals surface area (Å²) < 4.78 is 0. The molecule has 2 heteroatoms. The lowest BCUT2D eigenvalue weighted by molar-refractivity contribution is 0.220. The van der Waals surface area contributed by atoms with Gasteiger partial charge in [-0.2, -0.15) is 0 Å². The van der Waals surface area contributed by atoms with E-state index in [-0.39, 0.29) is 5.41 Å². The van der Waals surface area contributed by atoms with Crippen LogP contribution in [-0.2, 0) is 5.41 Å². The maximum atomic E-state index is 10.5. The summed E-state index contributed by atoms with van der Waals surface area (Å²) in [5.74, 6) is 0. The van der Waals surface area contributed by atoms with Crippen molar-refractivity contribution in [3.63, 3.8) is 0 Å². The van der Waals surface area contributed by atoms with Crippen molar-refractivity contribution in [2.24, 2.45) is 0 Å². The predicted octanol–water partition coefficient (Wildman–Crippen LogP) is 5.42. The second-order valence-electron chi connectivity index (χ2n) is 6.32. The molecule has 112 valence electrons. The van der Waals surface area contributed by atoms with E-state index in [4.69, 9.17) is 11.6 Å². The van der Waals surface area contributed by atoms with Crippen LogP contribution in [-0.4, -0.2) is 5.11 Å². The Kier molecular flexibility index (Phi) is 4.75. The highest BCUT2D eigenvalue weighted by Crippen LogP contribution is 2.30. The van der Waals surface area contributed by atoms with E-state index in [1.807, 2.05) is 37.3 Å². The average Bonchev–Trinajstić information content (AvgIpc) is 2.45. The van der Waals surface area contributed by atoms with E-state index in [2.05, 4.69) is 32.9 Å². The number of halogens is 1. The first kappa shape index (κ1) is 16.1. The van der Waals surface area contributed by atoms with Crippen LogP contribution in [0.1, 0.15) is 55.5 Å². The standard InChI is InChI=1S/C19H23ClO/c1-5-19(3,4)16-8-6-14(7-9-16)18(21)15-10-13(2)11-17(20)12-15/h6-12,18,21H,5H2,1-4H3. The highest BCUT2D eigenvalue weighted by atomic mass is 35.5. The SMILES string of the molecule is CCC(C)(C)c1ccc(C(O)c2cc(C)cc(Cl)c2)cc1. The summed E-state index contributed by atoms with van der Waals surface area (Å²) in [7, 11) is 0. The van der Waals surface area contributed by atoms with Crippen molar-refractivity contribution >= 4 is 11.6 Å². The van der Waals surface area contributed by atoms with Crippen molar-refractivity contribution in [3.8, 4) is 0 Å². The fourth-order valence-electron chi connectivity index (χ4n) is 2.44. The van der Waals surface area contributed by atoms with Gasteiger partial charge < -0.3 is 5.11 Å². The Hall–Kier alpha value is -1.31. The molecule has 2 aromatic rings. The van der Waals surface area contributed by atoms with Gasteiger partial charge in [0.15, 0.2) is 0 Å². The van der Waals surface area contributed by atoms with Crippen LogP contribution in [0.2, 0.25) is 5.02 Å². The number of benzene rings is 2. The Bertz CT molecular complexity index is 594. The molecule has 0 fully saturated rings. The number of aliphatic hydroxyl groups is 1. The van der Waals surface area contributed by atoms with E-state index in [0.717, 1.165) is 23.1 Å². The summed E-state index contributed by atoms with van der Waals surface area (Å²) >= 11 is 6.07. The number of hydrogen-bond donors (Lipinski definition) is 1. The molecule has 1 atom stereocenters. The van der Waals surface area contributed by atoms with Gasteiger partial charge in [0.25, 0.3) is 0 Å². The van der Waals surface area contributed by atoms with E-state index >= 15 is 0 Å². The molecule has 0 heterocycles. The maximum Gasteiger partial charge on any atom is 0.104 e. The molecule has 1 N–H and O–H groups in total. The van der Waals surface area contributed by atoms with Crippen LogP contribution < -0.4 is 0 Å². The van der Waals surface area contributed by atoms with Crippen molar-refractivity contribution < 1.29 is 5.11 Å². The van der Waals surface area contributed by atoms with E-state index in [1.165, 1.54) is 5.56 Å². The highest BCUT2D eigenvalue weighted by Gasteiger charge is 2.18. The van der Waals surface area contributed by atoms with E-state index in [0.29, 0.717) is 5.02 Å². The van der Waals surface area contributed by atoms with Crippen LogP contribution in [0.25, 0.3) is 0 Å². The Morgan fingerprint density at radius 1 is 1.05 bits per heavy atom. The molecule has 0 aliphatic rings. The lowest BCUT2D eigenvalue weighted by Gasteiger charge is -2.24. The third-order valence-electron chi connectivity index (χ3n) is 4.27. The molecule has 1 unspecified atom stereocenters. The number of aliphatic hydroxyl groups excluding tert-OH is 1. The second-order valence-corrected chi connectivity index (χ2v) is 6.76. The van der Waals surface area contributed by atoms with Gasteiger partial charge in [-0.3, -0.25) is 0 Å². The van der Waals surface area contributed by atoms with Crippen molar-refractivity contribution in [1.82, 2.24) is 0 Å². The van der Waals surface area contributed by atoms with Gasteiger partial charge in [0.2, 0.25) is 0 Å². The fourth-order valence-corrected chi connectivity index (χ4v) is 2.73. The van der Waals surface area contributed by atoms with Gasteiger partial charge in [-0.15, -0.1) is 0 Å². The Morgan fingerprint density at radius 2 is 1.67 bits per heavy atom. The summed E-state index contributed by atoms with van der Waals surface area (Å²) in [4.78, 5) is 0. The zero-order chi connectivity index (χ0) is 15.6. The Balaban J connectivity index is 2.30. The van der Waals surface area contributed by atoms with Gasteiger partial charge >= 0.3 is 0 Å². The van der Waals surface area contributed by atoms with Gasteiger partial charge in [0.05, 0.1) is 0 Å². The zero-order valence-electron chi connectivity index (χ0n) is 13.2. The molecule has 0 spiro atoms. The quantitative estimate of drug-likeness (QED) is 0.799. The molecule has 0 saturated heterocycles. The van der Waals surface area contributed by atoms with Crippen LogP contribution >= 0.6 is 11.6 Å². The topological polar surface area (TPSA) is 20.2 Å². The normalized spacial score (nSPS) is 13.2. The smallest absolute Gasteiger partial charge is 0.104 e. The van der Waals surface area contributed by atoms with Crippen LogP contribution in [0.15, 0.2) is 42.5 Å². The molecule has 21 heavy (non-hydrogen) atoms. The molecule has 0 aliphatic heterocycles. The molecular weight excluding hydrogens is 280 g/mol. The molecule has 0 aliphatic carbocycles. The molecule has 0 aromatic heterocycles. The van der Waals surface area contributed by atoms with Gasteiger partial charge in [0.1, 0.15) is 6.10 Å². The maximum absolute atomic E-state index is 10.5. The Labute approximate surface area is 132 Å². The van der Waals surface area contributed by atoms with Crippen molar-refractivity contribution in [2.45, 2.75) is 45.6 Å². The first-order valence-corrected chi connectivity index (χ1v) is 7.77. The second kappa shape index (κ2) is 6.21. The molecule has 1 nitrogen and oxygen atoms in total. The van der Waals surface area contributed by atoms with Crippen LogP contribution in [0.3, 0.4) is 0 Å². The van der Waals surface area contributed by atoms with Crippen molar-refractivity contribution in [1.29, 1.82) is 0 Å². The van der Waals surface area contributed by atoms with Gasteiger partial charge in [-0.25, -0.2) is 0 Å². The van der Waals surface area contributed by atoms with Gasteiger partial charge in [-0.05, 0) is 53.1 Å². The molecule has 0 saturated carbocycles. The molecule has 0 radical (unpaired) electrons. The Morgan fingerprint density at radius 3 is 2.19 bits per heavy atom. The highest BCUT2D eigenvalue weighted by molar-refractivity contribution is 6.30. The van der Waals surface area contributed by atoms with E-state index < -0.39 is 6.10 Å². The number of rotatable bonds is 4.